The number of methoxy groups -OCH3 is 2. The summed E-state index contributed by atoms with van der Waals surface area (Å²) in [4.78, 5) is 40.0. The molecule has 2 saturated heterocycles. The van der Waals surface area contributed by atoms with E-state index in [0.717, 1.165) is 33.6 Å². The molecule has 230 valence electrons. The van der Waals surface area contributed by atoms with E-state index in [4.69, 9.17) is 28.4 Å². The molecule has 2 fully saturated rings. The zero-order chi connectivity index (χ0) is 31.2. The Hall–Kier alpha value is -4.36. The summed E-state index contributed by atoms with van der Waals surface area (Å²) in [5, 5.41) is 0. The number of aromatic amines is 2. The molecule has 0 amide bonds. The van der Waals surface area contributed by atoms with Crippen LogP contribution >= 0.6 is 0 Å². The van der Waals surface area contributed by atoms with Gasteiger partial charge in [0.2, 0.25) is 0 Å². The van der Waals surface area contributed by atoms with Gasteiger partial charge in [-0.3, -0.25) is 0 Å². The van der Waals surface area contributed by atoms with E-state index in [1.165, 1.54) is 14.2 Å². The predicted octanol–water partition coefficient (Wildman–Crippen LogP) is 4.87. The van der Waals surface area contributed by atoms with Gasteiger partial charge in [0.05, 0.1) is 38.0 Å². The van der Waals surface area contributed by atoms with Crippen molar-refractivity contribution in [3.05, 3.63) is 72.6 Å². The molecule has 0 saturated carbocycles. The van der Waals surface area contributed by atoms with Crippen LogP contribution in [0.4, 0.5) is 0 Å². The second kappa shape index (κ2) is 11.3. The summed E-state index contributed by atoms with van der Waals surface area (Å²) in [7, 11) is 2.63. The summed E-state index contributed by atoms with van der Waals surface area (Å²) in [5.41, 5.74) is 5.48. The van der Waals surface area contributed by atoms with Crippen LogP contribution in [0.2, 0.25) is 0 Å². The molecule has 12 heteroatoms. The van der Waals surface area contributed by atoms with E-state index in [1.54, 1.807) is 40.1 Å². The van der Waals surface area contributed by atoms with Gasteiger partial charge in [-0.25, -0.2) is 19.6 Å². The number of nitrogens with zero attached hydrogens (tertiary/aromatic N) is 2. The van der Waals surface area contributed by atoms with E-state index in [-0.39, 0.29) is 0 Å². The monoisotopic (exact) mass is 602 g/mol. The second-order valence-electron chi connectivity index (χ2n) is 11.5. The van der Waals surface area contributed by atoms with Crippen LogP contribution in [0.3, 0.4) is 0 Å². The zero-order valence-electron chi connectivity index (χ0n) is 25.2. The first-order valence-corrected chi connectivity index (χ1v) is 14.1. The van der Waals surface area contributed by atoms with Crippen LogP contribution in [0.5, 0.6) is 0 Å². The van der Waals surface area contributed by atoms with Gasteiger partial charge in [-0.2, -0.15) is 0 Å². The molecule has 4 aromatic rings. The van der Waals surface area contributed by atoms with Crippen molar-refractivity contribution in [2.24, 2.45) is 0 Å². The maximum Gasteiger partial charge on any atom is 0.338 e. The third-order valence-corrected chi connectivity index (χ3v) is 7.52. The maximum absolute atomic E-state index is 12.3. The molecular formula is C32H34N4O8. The van der Waals surface area contributed by atoms with Crippen molar-refractivity contribution in [1.29, 1.82) is 0 Å². The first-order valence-electron chi connectivity index (χ1n) is 14.1. The molecule has 0 bridgehead atoms. The van der Waals surface area contributed by atoms with Crippen molar-refractivity contribution in [2.75, 3.05) is 14.2 Å². The Bertz CT molecular complexity index is 1530. The van der Waals surface area contributed by atoms with Gasteiger partial charge in [-0.1, -0.05) is 48.5 Å². The Balaban J connectivity index is 1.15. The number of imidazole rings is 2. The maximum atomic E-state index is 12.3. The molecule has 2 N–H and O–H groups in total. The molecule has 2 aliphatic rings. The lowest BCUT2D eigenvalue weighted by Crippen LogP contribution is -2.29. The largest absolute Gasteiger partial charge is 0.467 e. The first-order chi connectivity index (χ1) is 21.0. The Morgan fingerprint density at radius 3 is 1.30 bits per heavy atom. The lowest BCUT2D eigenvalue weighted by atomic mass is 10.0. The number of aromatic nitrogens is 4. The predicted molar refractivity (Wildman–Crippen MR) is 157 cm³/mol. The third-order valence-electron chi connectivity index (χ3n) is 7.52. The zero-order valence-corrected chi connectivity index (χ0v) is 25.2. The van der Waals surface area contributed by atoms with Crippen LogP contribution in [-0.4, -0.2) is 69.9 Å². The van der Waals surface area contributed by atoms with Gasteiger partial charge in [0, 0.05) is 0 Å². The SMILES string of the molecule is COC(=O)[C@@H]1OC(C)(C)O[C@H]1c1ncc(-c2ccc(-c3ccc(-c4cnc([C@@H]5OC(C)(C)O[C@H]5C(=O)OC)[nH]4)cc3)cc2)[nH]1. The number of ether oxygens (including phenoxy) is 6. The van der Waals surface area contributed by atoms with E-state index >= 15 is 0 Å². The number of hydrogen-bond acceptors (Lipinski definition) is 10. The molecule has 6 rings (SSSR count). The summed E-state index contributed by atoms with van der Waals surface area (Å²) in [6, 6.07) is 16.1. The smallest absolute Gasteiger partial charge is 0.338 e. The molecule has 2 aromatic carbocycles. The van der Waals surface area contributed by atoms with Gasteiger partial charge in [0.1, 0.15) is 11.6 Å². The fourth-order valence-electron chi connectivity index (χ4n) is 5.44. The van der Waals surface area contributed by atoms with Crippen LogP contribution in [0.25, 0.3) is 33.6 Å². The highest BCUT2D eigenvalue weighted by Gasteiger charge is 2.49. The van der Waals surface area contributed by atoms with Crippen molar-refractivity contribution >= 4 is 11.9 Å². The van der Waals surface area contributed by atoms with E-state index in [0.29, 0.717) is 11.6 Å². The fourth-order valence-corrected chi connectivity index (χ4v) is 5.44. The quantitative estimate of drug-likeness (QED) is 0.281. The van der Waals surface area contributed by atoms with Crippen LogP contribution in [0.15, 0.2) is 60.9 Å². The molecule has 2 aromatic heterocycles. The standard InChI is InChI=1S/C32H34N4O8/c1-31(2)41-23(25(43-31)29(37)39-5)27-33-15-21(35-27)19-11-7-17(8-12-19)18-9-13-20(14-10-18)22-16-34-28(36-22)24-26(30(38)40-6)44-32(3,4)42-24/h7-16,23-26H,1-6H3,(H,33,35)(H,34,36)/t23-,24-,25-,26-/m1/s1. The number of rotatable bonds is 7. The minimum absolute atomic E-state index is 0.485. The number of nitrogens with one attached hydrogen (secondary N) is 2. The third kappa shape index (κ3) is 5.76. The summed E-state index contributed by atoms with van der Waals surface area (Å²) >= 11 is 0. The van der Waals surface area contributed by atoms with Crippen molar-refractivity contribution in [3.8, 4) is 33.6 Å². The lowest BCUT2D eigenvalue weighted by molar-refractivity contribution is -0.168. The van der Waals surface area contributed by atoms with Crippen LogP contribution in [0, 0.1) is 0 Å². The van der Waals surface area contributed by atoms with Crippen LogP contribution in [0.1, 0.15) is 51.6 Å². The van der Waals surface area contributed by atoms with Gasteiger partial charge in [0.15, 0.2) is 36.0 Å². The molecule has 12 nitrogen and oxygen atoms in total. The van der Waals surface area contributed by atoms with Gasteiger partial charge < -0.3 is 38.4 Å². The lowest BCUT2D eigenvalue weighted by Gasteiger charge is -2.15. The summed E-state index contributed by atoms with van der Waals surface area (Å²) < 4.78 is 33.1. The van der Waals surface area contributed by atoms with Gasteiger partial charge in [-0.15, -0.1) is 0 Å². The molecule has 44 heavy (non-hydrogen) atoms. The average Bonchev–Trinajstić information content (AvgIpc) is 3.81. The van der Waals surface area contributed by atoms with Crippen molar-refractivity contribution in [2.45, 2.75) is 63.7 Å². The molecule has 0 radical (unpaired) electrons. The number of carbonyl (C=O) groups is 2. The number of esters is 2. The molecule has 0 aliphatic carbocycles. The van der Waals surface area contributed by atoms with Crippen molar-refractivity contribution in [1.82, 2.24) is 19.9 Å². The molecule has 0 spiro atoms. The van der Waals surface area contributed by atoms with Gasteiger partial charge in [-0.05, 0) is 49.9 Å². The number of benzene rings is 2. The van der Waals surface area contributed by atoms with Crippen LogP contribution < -0.4 is 0 Å². The topological polar surface area (TPSA) is 147 Å². The fraction of sp³-hybridized carbons (Fsp3) is 0.375. The second-order valence-corrected chi connectivity index (χ2v) is 11.5. The minimum atomic E-state index is -0.947. The number of hydrogen-bond donors (Lipinski definition) is 2. The number of carbonyl (C=O) groups excluding carboxylic acids is 2. The Kier molecular flexibility index (Phi) is 7.62. The van der Waals surface area contributed by atoms with E-state index < -0.39 is 47.9 Å². The van der Waals surface area contributed by atoms with Gasteiger partial charge >= 0.3 is 11.9 Å². The molecule has 4 heterocycles. The van der Waals surface area contributed by atoms with Crippen molar-refractivity contribution < 1.29 is 38.0 Å². The summed E-state index contributed by atoms with van der Waals surface area (Å²) in [6.45, 7) is 6.97. The molecular weight excluding hydrogens is 568 g/mol. The van der Waals surface area contributed by atoms with Crippen molar-refractivity contribution in [3.63, 3.8) is 0 Å². The molecule has 4 atom stereocenters. The minimum Gasteiger partial charge on any atom is -0.467 e. The Morgan fingerprint density at radius 2 is 0.955 bits per heavy atom. The van der Waals surface area contributed by atoms with E-state index in [1.807, 2.05) is 48.5 Å². The van der Waals surface area contributed by atoms with E-state index in [2.05, 4.69) is 19.9 Å². The summed E-state index contributed by atoms with van der Waals surface area (Å²) in [6.07, 6.45) is 0.157. The normalized spacial score (nSPS) is 23.9. The highest BCUT2D eigenvalue weighted by Crippen LogP contribution is 2.39. The molecule has 0 unspecified atom stereocenters. The van der Waals surface area contributed by atoms with Crippen LogP contribution in [-0.2, 0) is 38.0 Å². The van der Waals surface area contributed by atoms with Gasteiger partial charge in [0.25, 0.3) is 0 Å². The highest BCUT2D eigenvalue weighted by atomic mass is 16.8. The van der Waals surface area contributed by atoms with E-state index in [9.17, 15) is 9.59 Å². The highest BCUT2D eigenvalue weighted by molar-refractivity contribution is 5.77. The Labute approximate surface area is 254 Å². The Morgan fingerprint density at radius 1 is 0.614 bits per heavy atom. The number of H-pyrrole nitrogens is 2. The molecule has 2 aliphatic heterocycles. The average molecular weight is 603 g/mol. The summed E-state index contributed by atoms with van der Waals surface area (Å²) in [5.74, 6) is -1.96. The first kappa shape index (κ1) is 29.7.